The normalized spacial score (nSPS) is 17.8. The number of carbonyl (C=O) groups is 2. The third-order valence-corrected chi connectivity index (χ3v) is 6.84. The number of anilines is 2. The summed E-state index contributed by atoms with van der Waals surface area (Å²) in [7, 11) is 2.18. The summed E-state index contributed by atoms with van der Waals surface area (Å²) in [5, 5.41) is 10.3. The Morgan fingerprint density at radius 1 is 1.03 bits per heavy atom. The van der Waals surface area contributed by atoms with Crippen molar-refractivity contribution in [2.24, 2.45) is 11.7 Å². The molecule has 186 valence electrons. The lowest BCUT2D eigenvalue weighted by molar-refractivity contribution is -0.192. The molecule has 0 bridgehead atoms. The molecule has 0 spiro atoms. The lowest BCUT2D eigenvalue weighted by Gasteiger charge is -2.34. The molecule has 4 rings (SSSR count). The topological polar surface area (TPSA) is 103 Å². The van der Waals surface area contributed by atoms with Gasteiger partial charge in [0.05, 0.1) is 5.69 Å². The van der Waals surface area contributed by atoms with Crippen LogP contribution >= 0.6 is 11.3 Å². The van der Waals surface area contributed by atoms with Gasteiger partial charge in [-0.05, 0) is 32.0 Å². The van der Waals surface area contributed by atoms with Crippen LogP contribution in [0, 0.1) is 5.92 Å². The number of piperidine rings is 1. The van der Waals surface area contributed by atoms with Gasteiger partial charge in [-0.15, -0.1) is 11.3 Å². The molecule has 0 radical (unpaired) electrons. The maximum atomic E-state index is 11.3. The fourth-order valence-electron chi connectivity index (χ4n) is 3.81. The Labute approximate surface area is 199 Å². The van der Waals surface area contributed by atoms with Crippen molar-refractivity contribution >= 4 is 34.0 Å². The van der Waals surface area contributed by atoms with Crippen molar-refractivity contribution in [1.29, 1.82) is 0 Å². The van der Waals surface area contributed by atoms with Crippen LogP contribution in [0.5, 0.6) is 0 Å². The highest BCUT2D eigenvalue weighted by molar-refractivity contribution is 7.14. The predicted octanol–water partition coefficient (Wildman–Crippen LogP) is 2.90. The molecule has 0 saturated carbocycles. The largest absolute Gasteiger partial charge is 0.490 e. The standard InChI is InChI=1S/C20H27N5OS.C2HF3O2/c1-23-10-12-24(13-11-23)17-4-2-15(3-5-17)18-14-27-20(22-18)25-8-6-16(7-9-25)19(21)26;3-2(4,5)1(6)7/h2-5,14,16H,6-13H2,1H3,(H2,21,26);(H,6,7). The van der Waals surface area contributed by atoms with Crippen molar-refractivity contribution in [1.82, 2.24) is 9.88 Å². The molecule has 2 saturated heterocycles. The molecular weight excluding hydrogens is 471 g/mol. The summed E-state index contributed by atoms with van der Waals surface area (Å²) in [5.41, 5.74) is 8.90. The molecule has 12 heteroatoms. The van der Waals surface area contributed by atoms with E-state index in [0.29, 0.717) is 0 Å². The summed E-state index contributed by atoms with van der Waals surface area (Å²) in [6.07, 6.45) is -3.44. The van der Waals surface area contributed by atoms with Crippen LogP contribution in [-0.2, 0) is 9.59 Å². The van der Waals surface area contributed by atoms with Crippen LogP contribution in [0.25, 0.3) is 11.3 Å². The Bertz CT molecular complexity index is 967. The summed E-state index contributed by atoms with van der Waals surface area (Å²) in [5.74, 6) is -2.91. The molecule has 3 N–H and O–H groups in total. The van der Waals surface area contributed by atoms with E-state index in [0.717, 1.165) is 68.5 Å². The summed E-state index contributed by atoms with van der Waals surface area (Å²) >= 11 is 1.68. The second-order valence-corrected chi connectivity index (χ2v) is 9.16. The Morgan fingerprint density at radius 3 is 2.09 bits per heavy atom. The van der Waals surface area contributed by atoms with E-state index in [4.69, 9.17) is 20.6 Å². The average molecular weight is 500 g/mol. The predicted molar refractivity (Wildman–Crippen MR) is 125 cm³/mol. The third-order valence-electron chi connectivity index (χ3n) is 5.93. The fraction of sp³-hybridized carbons (Fsp3) is 0.500. The van der Waals surface area contributed by atoms with Crippen molar-refractivity contribution in [2.75, 3.05) is 56.1 Å². The first kappa shape index (κ1) is 25.8. The van der Waals surface area contributed by atoms with E-state index in [1.165, 1.54) is 5.69 Å². The Hall–Kier alpha value is -2.86. The van der Waals surface area contributed by atoms with Crippen molar-refractivity contribution in [2.45, 2.75) is 19.0 Å². The molecule has 2 aliphatic heterocycles. The van der Waals surface area contributed by atoms with E-state index in [9.17, 15) is 18.0 Å². The molecule has 0 aliphatic carbocycles. The molecule has 1 aromatic carbocycles. The summed E-state index contributed by atoms with van der Waals surface area (Å²) in [6, 6.07) is 8.76. The summed E-state index contributed by atoms with van der Waals surface area (Å²) < 4.78 is 31.7. The molecule has 2 fully saturated rings. The van der Waals surface area contributed by atoms with Gasteiger partial charge >= 0.3 is 12.1 Å². The molecular formula is C22H28F3N5O3S. The number of carboxylic acids is 1. The highest BCUT2D eigenvalue weighted by Crippen LogP contribution is 2.31. The molecule has 0 unspecified atom stereocenters. The highest BCUT2D eigenvalue weighted by Gasteiger charge is 2.38. The monoisotopic (exact) mass is 499 g/mol. The number of piperazine rings is 1. The molecule has 2 aromatic rings. The molecule has 34 heavy (non-hydrogen) atoms. The first-order valence-corrected chi connectivity index (χ1v) is 11.8. The van der Waals surface area contributed by atoms with Crippen LogP contribution in [0.15, 0.2) is 29.6 Å². The zero-order chi connectivity index (χ0) is 24.9. The number of rotatable bonds is 4. The van der Waals surface area contributed by atoms with Gasteiger partial charge in [0.15, 0.2) is 5.13 Å². The number of likely N-dealkylation sites (N-methyl/N-ethyl adjacent to an activating group) is 1. The Balaban J connectivity index is 0.000000406. The van der Waals surface area contributed by atoms with Crippen LogP contribution in [0.3, 0.4) is 0 Å². The van der Waals surface area contributed by atoms with Crippen LogP contribution in [0.2, 0.25) is 0 Å². The minimum Gasteiger partial charge on any atom is -0.475 e. The smallest absolute Gasteiger partial charge is 0.475 e. The van der Waals surface area contributed by atoms with Gasteiger partial charge in [0.1, 0.15) is 0 Å². The van der Waals surface area contributed by atoms with Crippen molar-refractivity contribution in [3.05, 3.63) is 29.6 Å². The fourth-order valence-corrected chi connectivity index (χ4v) is 4.69. The van der Waals surface area contributed by atoms with E-state index in [2.05, 4.69) is 51.4 Å². The minimum absolute atomic E-state index is 0.0165. The number of alkyl halides is 3. The Morgan fingerprint density at radius 2 is 1.59 bits per heavy atom. The SMILES string of the molecule is CN1CCN(c2ccc(-c3csc(N4CCC(C(N)=O)CC4)n3)cc2)CC1.O=C(O)C(F)(F)F. The van der Waals surface area contributed by atoms with E-state index in [-0.39, 0.29) is 11.8 Å². The van der Waals surface area contributed by atoms with Crippen LogP contribution < -0.4 is 15.5 Å². The number of halogens is 3. The van der Waals surface area contributed by atoms with E-state index >= 15 is 0 Å². The van der Waals surface area contributed by atoms with Gasteiger partial charge in [0.25, 0.3) is 0 Å². The molecule has 1 aromatic heterocycles. The van der Waals surface area contributed by atoms with Gasteiger partial charge in [0.2, 0.25) is 5.91 Å². The lowest BCUT2D eigenvalue weighted by Crippen LogP contribution is -2.44. The molecule has 2 aliphatic rings. The van der Waals surface area contributed by atoms with Gasteiger partial charge in [-0.25, -0.2) is 9.78 Å². The number of benzene rings is 1. The molecule has 0 atom stereocenters. The number of nitrogens with two attached hydrogens (primary N) is 1. The second-order valence-electron chi connectivity index (χ2n) is 8.32. The summed E-state index contributed by atoms with van der Waals surface area (Å²) in [4.78, 5) is 32.1. The van der Waals surface area contributed by atoms with Gasteiger partial charge in [-0.2, -0.15) is 13.2 Å². The Kier molecular flexibility index (Phi) is 8.37. The lowest BCUT2D eigenvalue weighted by atomic mass is 9.97. The summed E-state index contributed by atoms with van der Waals surface area (Å²) in [6.45, 7) is 6.09. The van der Waals surface area contributed by atoms with Crippen LogP contribution in [0.4, 0.5) is 24.0 Å². The number of amides is 1. The number of primary amides is 1. The van der Waals surface area contributed by atoms with Crippen molar-refractivity contribution < 1.29 is 27.9 Å². The maximum absolute atomic E-state index is 11.3. The maximum Gasteiger partial charge on any atom is 0.490 e. The number of hydrogen-bond donors (Lipinski definition) is 2. The molecule has 3 heterocycles. The van der Waals surface area contributed by atoms with Gasteiger partial charge in [-0.1, -0.05) is 12.1 Å². The number of aromatic nitrogens is 1. The van der Waals surface area contributed by atoms with E-state index < -0.39 is 12.1 Å². The third kappa shape index (κ3) is 6.83. The number of nitrogens with zero attached hydrogens (tertiary/aromatic N) is 4. The van der Waals surface area contributed by atoms with Crippen molar-refractivity contribution in [3.63, 3.8) is 0 Å². The molecule has 1 amide bonds. The van der Waals surface area contributed by atoms with Crippen LogP contribution in [0.1, 0.15) is 12.8 Å². The zero-order valence-electron chi connectivity index (χ0n) is 18.8. The number of thiazole rings is 1. The quantitative estimate of drug-likeness (QED) is 0.667. The first-order chi connectivity index (χ1) is 16.0. The number of hydrogen-bond acceptors (Lipinski definition) is 7. The van der Waals surface area contributed by atoms with Crippen molar-refractivity contribution in [3.8, 4) is 11.3 Å². The minimum atomic E-state index is -5.08. The average Bonchev–Trinajstić information content (AvgIpc) is 3.30. The molecule has 8 nitrogen and oxygen atoms in total. The number of aliphatic carboxylic acids is 1. The van der Waals surface area contributed by atoms with Crippen LogP contribution in [-0.4, -0.2) is 79.4 Å². The van der Waals surface area contributed by atoms with Gasteiger partial charge < -0.3 is 25.5 Å². The van der Waals surface area contributed by atoms with Gasteiger partial charge in [0, 0.05) is 61.8 Å². The van der Waals surface area contributed by atoms with E-state index in [1.807, 2.05) is 0 Å². The first-order valence-electron chi connectivity index (χ1n) is 10.9. The van der Waals surface area contributed by atoms with Gasteiger partial charge in [-0.3, -0.25) is 4.79 Å². The zero-order valence-corrected chi connectivity index (χ0v) is 19.6. The number of carbonyl (C=O) groups excluding carboxylic acids is 1. The highest BCUT2D eigenvalue weighted by atomic mass is 32.1. The number of carboxylic acid groups (broad SMARTS) is 1. The van der Waals surface area contributed by atoms with E-state index in [1.54, 1.807) is 11.3 Å². The second kappa shape index (κ2) is 11.0.